The van der Waals surface area contributed by atoms with Gasteiger partial charge in [0.25, 0.3) is 5.91 Å². The third kappa shape index (κ3) is 5.33. The van der Waals surface area contributed by atoms with Crippen molar-refractivity contribution in [3.05, 3.63) is 98.5 Å². The maximum absolute atomic E-state index is 13.1. The van der Waals surface area contributed by atoms with E-state index in [9.17, 15) is 14.0 Å². The fraction of sp³-hybridized carbons (Fsp3) is 0.120. The van der Waals surface area contributed by atoms with E-state index < -0.39 is 11.9 Å². The van der Waals surface area contributed by atoms with Crippen LogP contribution in [-0.4, -0.2) is 23.9 Å². The molecule has 3 aromatic carbocycles. The molecule has 1 aliphatic rings. The first-order valence-corrected chi connectivity index (χ1v) is 11.2. The molecule has 4 rings (SSSR count). The lowest BCUT2D eigenvalue weighted by molar-refractivity contribution is -0.123. The summed E-state index contributed by atoms with van der Waals surface area (Å²) in [5.41, 5.74) is 2.55. The zero-order valence-corrected chi connectivity index (χ0v) is 19.8. The van der Waals surface area contributed by atoms with Crippen molar-refractivity contribution in [3.8, 4) is 11.5 Å². The summed E-state index contributed by atoms with van der Waals surface area (Å²) in [6, 6.07) is 18.5. The number of rotatable bonds is 7. The lowest BCUT2D eigenvalue weighted by atomic mass is 10.1. The highest BCUT2D eigenvalue weighted by atomic mass is 127. The number of nitrogens with one attached hydrogen (secondary N) is 1. The second kappa shape index (κ2) is 10.0. The van der Waals surface area contributed by atoms with E-state index in [-0.39, 0.29) is 24.7 Å². The van der Waals surface area contributed by atoms with Gasteiger partial charge in [-0.1, -0.05) is 42.5 Å². The first-order chi connectivity index (χ1) is 15.9. The van der Waals surface area contributed by atoms with Gasteiger partial charge in [-0.3, -0.25) is 9.69 Å². The molecule has 168 valence electrons. The Morgan fingerprint density at radius 2 is 1.76 bits per heavy atom. The Morgan fingerprint density at radius 1 is 1.03 bits per heavy atom. The van der Waals surface area contributed by atoms with Crippen molar-refractivity contribution in [2.45, 2.75) is 13.2 Å². The van der Waals surface area contributed by atoms with Crippen molar-refractivity contribution in [3.63, 3.8) is 0 Å². The lowest BCUT2D eigenvalue weighted by Gasteiger charge is -2.14. The summed E-state index contributed by atoms with van der Waals surface area (Å²) in [6.45, 7) is 0.440. The predicted octanol–water partition coefficient (Wildman–Crippen LogP) is 5.11. The first-order valence-electron chi connectivity index (χ1n) is 10.1. The smallest absolute Gasteiger partial charge is 0.329 e. The number of methoxy groups -OCH3 is 1. The number of halogens is 2. The number of urea groups is 1. The number of ether oxygens (including phenoxy) is 2. The Balaban J connectivity index is 1.53. The largest absolute Gasteiger partial charge is 0.493 e. The molecule has 33 heavy (non-hydrogen) atoms. The number of imide groups is 1. The van der Waals surface area contributed by atoms with Crippen molar-refractivity contribution < 1.29 is 23.5 Å². The molecule has 0 radical (unpaired) electrons. The molecule has 3 aromatic rings. The van der Waals surface area contributed by atoms with Crippen LogP contribution in [0.2, 0.25) is 0 Å². The van der Waals surface area contributed by atoms with E-state index in [4.69, 9.17) is 9.47 Å². The summed E-state index contributed by atoms with van der Waals surface area (Å²) in [5.74, 6) is 0.319. The van der Waals surface area contributed by atoms with Crippen molar-refractivity contribution in [1.82, 2.24) is 10.2 Å². The molecule has 0 aliphatic carbocycles. The van der Waals surface area contributed by atoms with Crippen molar-refractivity contribution in [2.75, 3.05) is 7.11 Å². The van der Waals surface area contributed by atoms with E-state index in [1.807, 2.05) is 36.4 Å². The molecule has 1 saturated heterocycles. The van der Waals surface area contributed by atoms with E-state index in [1.54, 1.807) is 24.3 Å². The summed E-state index contributed by atoms with van der Waals surface area (Å²) < 4.78 is 25.3. The van der Waals surface area contributed by atoms with Crippen molar-refractivity contribution in [1.29, 1.82) is 0 Å². The van der Waals surface area contributed by atoms with Crippen LogP contribution in [-0.2, 0) is 17.9 Å². The highest BCUT2D eigenvalue weighted by Crippen LogP contribution is 2.35. The third-order valence-corrected chi connectivity index (χ3v) is 5.81. The molecule has 0 unspecified atom stereocenters. The van der Waals surface area contributed by atoms with Gasteiger partial charge < -0.3 is 14.8 Å². The summed E-state index contributed by atoms with van der Waals surface area (Å²) in [6.07, 6.45) is 1.61. The summed E-state index contributed by atoms with van der Waals surface area (Å²) in [7, 11) is 1.52. The monoisotopic (exact) mass is 558 g/mol. The molecule has 0 atom stereocenters. The minimum atomic E-state index is -0.462. The van der Waals surface area contributed by atoms with Gasteiger partial charge in [0, 0.05) is 0 Å². The Labute approximate surface area is 204 Å². The van der Waals surface area contributed by atoms with Crippen LogP contribution in [0.3, 0.4) is 0 Å². The molecular weight excluding hydrogens is 538 g/mol. The number of hydrogen-bond acceptors (Lipinski definition) is 4. The number of benzene rings is 3. The molecule has 0 bridgehead atoms. The minimum Gasteiger partial charge on any atom is -0.493 e. The zero-order valence-electron chi connectivity index (χ0n) is 17.7. The minimum absolute atomic E-state index is 0.189. The Morgan fingerprint density at radius 3 is 2.45 bits per heavy atom. The van der Waals surface area contributed by atoms with Gasteiger partial charge in [-0.25, -0.2) is 9.18 Å². The van der Waals surface area contributed by atoms with Crippen LogP contribution in [0, 0.1) is 9.39 Å². The molecule has 1 heterocycles. The van der Waals surface area contributed by atoms with Gasteiger partial charge in [-0.15, -0.1) is 0 Å². The van der Waals surface area contributed by atoms with Gasteiger partial charge in [0.1, 0.15) is 18.1 Å². The topological polar surface area (TPSA) is 67.9 Å². The van der Waals surface area contributed by atoms with Crippen LogP contribution in [0.25, 0.3) is 6.08 Å². The molecule has 1 fully saturated rings. The molecule has 6 nitrogen and oxygen atoms in total. The number of amides is 3. The summed E-state index contributed by atoms with van der Waals surface area (Å²) >= 11 is 2.12. The summed E-state index contributed by atoms with van der Waals surface area (Å²) in [5, 5.41) is 2.64. The van der Waals surface area contributed by atoms with E-state index in [2.05, 4.69) is 27.9 Å². The quantitative estimate of drug-likeness (QED) is 0.249. The highest BCUT2D eigenvalue weighted by molar-refractivity contribution is 14.1. The highest BCUT2D eigenvalue weighted by Gasteiger charge is 2.33. The maximum atomic E-state index is 13.1. The standard InChI is InChI=1S/C25H20FIN2O4/c1-32-22-13-18(11-20(27)23(22)33-15-17-7-9-19(26)10-8-17)12-21-24(30)29(25(31)28-21)14-16-5-3-2-4-6-16/h2-13H,14-15H2,1H3,(H,28,31)/b21-12+. The van der Waals surface area contributed by atoms with Crippen LogP contribution in [0.5, 0.6) is 11.5 Å². The van der Waals surface area contributed by atoms with Gasteiger partial charge in [-0.05, 0) is 69.6 Å². The molecule has 0 aromatic heterocycles. The molecule has 1 aliphatic heterocycles. The second-order valence-corrected chi connectivity index (χ2v) is 8.48. The fourth-order valence-corrected chi connectivity index (χ4v) is 4.13. The van der Waals surface area contributed by atoms with E-state index in [0.717, 1.165) is 14.7 Å². The van der Waals surface area contributed by atoms with Gasteiger partial charge in [0.15, 0.2) is 11.5 Å². The predicted molar refractivity (Wildman–Crippen MR) is 130 cm³/mol. The van der Waals surface area contributed by atoms with Crippen molar-refractivity contribution >= 4 is 40.6 Å². The van der Waals surface area contributed by atoms with E-state index >= 15 is 0 Å². The van der Waals surface area contributed by atoms with Crippen LogP contribution < -0.4 is 14.8 Å². The lowest BCUT2D eigenvalue weighted by Crippen LogP contribution is -2.30. The van der Waals surface area contributed by atoms with E-state index in [0.29, 0.717) is 17.1 Å². The molecule has 8 heteroatoms. The average Bonchev–Trinajstić information content (AvgIpc) is 3.07. The van der Waals surface area contributed by atoms with Crippen LogP contribution in [0.4, 0.5) is 9.18 Å². The van der Waals surface area contributed by atoms with Crippen LogP contribution in [0.15, 0.2) is 72.4 Å². The zero-order chi connectivity index (χ0) is 23.4. The number of hydrogen-bond donors (Lipinski definition) is 1. The van der Waals surface area contributed by atoms with Gasteiger partial charge in [0.2, 0.25) is 0 Å². The Kier molecular flexibility index (Phi) is 6.93. The molecule has 1 N–H and O–H groups in total. The van der Waals surface area contributed by atoms with Gasteiger partial charge in [-0.2, -0.15) is 0 Å². The van der Waals surface area contributed by atoms with E-state index in [1.165, 1.54) is 24.1 Å². The second-order valence-electron chi connectivity index (χ2n) is 7.31. The fourth-order valence-electron chi connectivity index (χ4n) is 3.35. The third-order valence-electron chi connectivity index (χ3n) is 5.01. The Hall–Kier alpha value is -3.40. The van der Waals surface area contributed by atoms with Gasteiger partial charge >= 0.3 is 6.03 Å². The van der Waals surface area contributed by atoms with Crippen molar-refractivity contribution in [2.24, 2.45) is 0 Å². The molecule has 3 amide bonds. The maximum Gasteiger partial charge on any atom is 0.329 e. The summed E-state index contributed by atoms with van der Waals surface area (Å²) in [4.78, 5) is 26.3. The van der Waals surface area contributed by atoms with Crippen LogP contribution in [0.1, 0.15) is 16.7 Å². The Bertz CT molecular complexity index is 1210. The van der Waals surface area contributed by atoms with Gasteiger partial charge in [0.05, 0.1) is 17.2 Å². The number of carbonyl (C=O) groups is 2. The SMILES string of the molecule is COc1cc(/C=C2/NC(=O)N(Cc3ccccc3)C2=O)cc(I)c1OCc1ccc(F)cc1. The number of carbonyl (C=O) groups excluding carboxylic acids is 2. The average molecular weight is 558 g/mol. The number of nitrogens with zero attached hydrogens (tertiary/aromatic N) is 1. The molecular formula is C25H20FIN2O4. The first kappa shape index (κ1) is 22.8. The molecule has 0 spiro atoms. The molecule has 0 saturated carbocycles. The van der Waals surface area contributed by atoms with Crippen LogP contribution >= 0.6 is 22.6 Å². The normalized spacial score (nSPS) is 14.5.